The molecule has 0 saturated carbocycles. The second-order valence-corrected chi connectivity index (χ2v) is 8.82. The highest BCUT2D eigenvalue weighted by Crippen LogP contribution is 2.33. The van der Waals surface area contributed by atoms with Crippen molar-refractivity contribution in [2.45, 2.75) is 51.2 Å². The zero-order valence-corrected chi connectivity index (χ0v) is 12.3. The van der Waals surface area contributed by atoms with Gasteiger partial charge in [-0.05, 0) is 46.7 Å². The predicted molar refractivity (Wildman–Crippen MR) is 66.4 cm³/mol. The van der Waals surface area contributed by atoms with Crippen molar-refractivity contribution in [2.75, 3.05) is 13.7 Å². The zero-order valence-electron chi connectivity index (χ0n) is 11.3. The molecule has 0 saturated heterocycles. The molecular weight excluding hydrogens is 242 g/mol. The van der Waals surface area contributed by atoms with Crippen LogP contribution in [0.2, 0.25) is 6.04 Å². The molecule has 0 fully saturated rings. The highest BCUT2D eigenvalue weighted by molar-refractivity contribution is 6.70. The van der Waals surface area contributed by atoms with Crippen LogP contribution in [-0.2, 0) is 13.7 Å². The topological polar surface area (TPSA) is 94.2 Å². The van der Waals surface area contributed by atoms with Crippen LogP contribution in [0.15, 0.2) is 0 Å². The second kappa shape index (κ2) is 6.23. The van der Waals surface area contributed by atoms with Gasteiger partial charge >= 0.3 is 8.56 Å². The highest BCUT2D eigenvalue weighted by Gasteiger charge is 2.55. The first-order chi connectivity index (χ1) is 7.64. The van der Waals surface area contributed by atoms with Crippen molar-refractivity contribution >= 4 is 8.56 Å². The minimum atomic E-state index is -2.96. The fraction of sp³-hybridized carbons (Fsp3) is 1.00. The molecule has 7 heteroatoms. The van der Waals surface area contributed by atoms with Crippen molar-refractivity contribution in [2.24, 2.45) is 5.73 Å². The summed E-state index contributed by atoms with van der Waals surface area (Å²) in [6.07, 6.45) is 0.670. The quantitative estimate of drug-likeness (QED) is 0.263. The van der Waals surface area contributed by atoms with Gasteiger partial charge < -0.3 is 19.7 Å². The largest absolute Gasteiger partial charge is 0.396 e. The van der Waals surface area contributed by atoms with Crippen LogP contribution in [0, 0.1) is 0 Å². The van der Waals surface area contributed by atoms with E-state index in [1.807, 2.05) is 0 Å². The van der Waals surface area contributed by atoms with E-state index in [1.165, 1.54) is 21.0 Å². The Balaban J connectivity index is 5.14. The zero-order chi connectivity index (χ0) is 13.7. The fourth-order valence-electron chi connectivity index (χ4n) is 1.67. The molecule has 1 unspecified atom stereocenters. The van der Waals surface area contributed by atoms with E-state index in [9.17, 15) is 5.11 Å². The highest BCUT2D eigenvalue weighted by atomic mass is 28.4. The van der Waals surface area contributed by atoms with Crippen LogP contribution in [0.5, 0.6) is 0 Å². The molecule has 0 radical (unpaired) electrons. The summed E-state index contributed by atoms with van der Waals surface area (Å²) in [4.78, 5) is 4.50. The first kappa shape index (κ1) is 17.0. The fourth-order valence-corrected chi connectivity index (χ4v) is 5.02. The van der Waals surface area contributed by atoms with Gasteiger partial charge in [-0.3, -0.25) is 5.26 Å². The second-order valence-electron chi connectivity index (χ2n) is 5.00. The molecule has 0 aliphatic heterocycles. The number of rotatable bonds is 8. The minimum Gasteiger partial charge on any atom is -0.396 e. The maximum atomic E-state index is 9.81. The molecule has 0 aromatic heterocycles. The summed E-state index contributed by atoms with van der Waals surface area (Å²) in [5, 5.41) is 17.8. The van der Waals surface area contributed by atoms with Gasteiger partial charge in [0.1, 0.15) is 5.22 Å². The summed E-state index contributed by atoms with van der Waals surface area (Å²) < 4.78 is 11.2. The average molecular weight is 267 g/mol. The third-order valence-corrected chi connectivity index (χ3v) is 7.03. The van der Waals surface area contributed by atoms with E-state index in [2.05, 4.69) is 4.89 Å². The lowest BCUT2D eigenvalue weighted by atomic mass is 10.4. The van der Waals surface area contributed by atoms with Crippen molar-refractivity contribution in [3.63, 3.8) is 0 Å². The van der Waals surface area contributed by atoms with Gasteiger partial charge in [0.2, 0.25) is 0 Å². The van der Waals surface area contributed by atoms with Crippen molar-refractivity contribution in [3.05, 3.63) is 0 Å². The van der Waals surface area contributed by atoms with Crippen molar-refractivity contribution < 1.29 is 24.1 Å². The lowest BCUT2D eigenvalue weighted by Gasteiger charge is -2.42. The Kier molecular flexibility index (Phi) is 6.23. The van der Waals surface area contributed by atoms with Gasteiger partial charge in [-0.25, -0.2) is 4.89 Å². The molecule has 0 aromatic carbocycles. The van der Waals surface area contributed by atoms with E-state index in [4.69, 9.17) is 19.8 Å². The Hall–Kier alpha value is -0.0231. The van der Waals surface area contributed by atoms with Gasteiger partial charge in [-0.1, -0.05) is 0 Å². The molecule has 104 valence electrons. The van der Waals surface area contributed by atoms with E-state index < -0.39 is 19.6 Å². The summed E-state index contributed by atoms with van der Waals surface area (Å²) >= 11 is 0. The Bertz CT molecular complexity index is 231. The first-order valence-corrected chi connectivity index (χ1v) is 7.67. The van der Waals surface area contributed by atoms with Crippen LogP contribution in [0.25, 0.3) is 0 Å². The normalized spacial score (nSPS) is 16.9. The molecule has 0 aromatic rings. The molecule has 0 bridgehead atoms. The number of nitrogens with two attached hydrogens (primary N) is 1. The summed E-state index contributed by atoms with van der Waals surface area (Å²) in [5.74, 6) is -1.35. The average Bonchev–Trinajstić information content (AvgIpc) is 2.22. The Morgan fingerprint density at radius 1 is 1.24 bits per heavy atom. The van der Waals surface area contributed by atoms with Gasteiger partial charge in [0.15, 0.2) is 5.79 Å². The Morgan fingerprint density at radius 2 is 1.76 bits per heavy atom. The molecule has 0 heterocycles. The van der Waals surface area contributed by atoms with Crippen LogP contribution in [0.1, 0.15) is 34.1 Å². The van der Waals surface area contributed by atoms with Crippen LogP contribution < -0.4 is 5.73 Å². The Morgan fingerprint density at radius 3 is 2.06 bits per heavy atom. The van der Waals surface area contributed by atoms with E-state index in [0.29, 0.717) is 19.0 Å². The SMILES string of the molecule is CO[Si](CCCN)(OC(C)(C)O)C(C)(C)OO. The molecule has 6 nitrogen and oxygen atoms in total. The smallest absolute Gasteiger partial charge is 0.375 e. The standard InChI is InChI=1S/C10H25NO5Si/c1-9(2,12)16-17(14-5,8-6-7-11)10(3,4)15-13/h12-13H,6-8,11H2,1-5H3. The summed E-state index contributed by atoms with van der Waals surface area (Å²) in [6.45, 7) is 6.86. The van der Waals surface area contributed by atoms with Crippen LogP contribution >= 0.6 is 0 Å². The van der Waals surface area contributed by atoms with Gasteiger partial charge in [0, 0.05) is 7.11 Å². The lowest BCUT2D eigenvalue weighted by Crippen LogP contribution is -2.63. The first-order valence-electron chi connectivity index (χ1n) is 5.64. The Labute approximate surface area is 104 Å². The van der Waals surface area contributed by atoms with E-state index in [-0.39, 0.29) is 0 Å². The third-order valence-electron chi connectivity index (χ3n) is 2.60. The molecule has 0 spiro atoms. The van der Waals surface area contributed by atoms with Crippen molar-refractivity contribution in [1.29, 1.82) is 0 Å². The lowest BCUT2D eigenvalue weighted by molar-refractivity contribution is -0.300. The van der Waals surface area contributed by atoms with Gasteiger partial charge in [0.25, 0.3) is 0 Å². The van der Waals surface area contributed by atoms with Crippen LogP contribution in [-0.4, -0.2) is 43.6 Å². The van der Waals surface area contributed by atoms with Crippen molar-refractivity contribution in [1.82, 2.24) is 0 Å². The van der Waals surface area contributed by atoms with Crippen molar-refractivity contribution in [3.8, 4) is 0 Å². The van der Waals surface area contributed by atoms with E-state index >= 15 is 0 Å². The monoisotopic (exact) mass is 267 g/mol. The summed E-state index contributed by atoms with van der Waals surface area (Å²) in [6, 6.07) is 0.525. The molecule has 4 N–H and O–H groups in total. The van der Waals surface area contributed by atoms with E-state index in [1.54, 1.807) is 13.8 Å². The molecule has 17 heavy (non-hydrogen) atoms. The maximum absolute atomic E-state index is 9.81. The summed E-state index contributed by atoms with van der Waals surface area (Å²) in [7, 11) is -1.46. The number of hydrogen-bond acceptors (Lipinski definition) is 6. The predicted octanol–water partition coefficient (Wildman–Crippen LogP) is 0.976. The molecule has 0 aliphatic rings. The third kappa shape index (κ3) is 4.63. The van der Waals surface area contributed by atoms with Gasteiger partial charge in [-0.15, -0.1) is 0 Å². The molecule has 0 aliphatic carbocycles. The summed E-state index contributed by atoms with van der Waals surface area (Å²) in [5.41, 5.74) is 5.48. The minimum absolute atomic E-state index is 0.481. The molecule has 1 atom stereocenters. The van der Waals surface area contributed by atoms with Gasteiger partial charge in [-0.2, -0.15) is 0 Å². The van der Waals surface area contributed by atoms with E-state index in [0.717, 1.165) is 0 Å². The molecule has 0 rings (SSSR count). The molecular formula is C10H25NO5Si. The van der Waals surface area contributed by atoms with Crippen LogP contribution in [0.3, 0.4) is 0 Å². The maximum Gasteiger partial charge on any atom is 0.375 e. The number of aliphatic hydroxyl groups is 1. The molecule has 0 amide bonds. The van der Waals surface area contributed by atoms with Crippen LogP contribution in [0.4, 0.5) is 0 Å². The van der Waals surface area contributed by atoms with Gasteiger partial charge in [0.05, 0.1) is 0 Å². The number of hydrogen-bond donors (Lipinski definition) is 3.